The van der Waals surface area contributed by atoms with Gasteiger partial charge in [0.05, 0.1) is 25.0 Å². The summed E-state index contributed by atoms with van der Waals surface area (Å²) < 4.78 is 5.37. The molecule has 1 N–H and O–H groups in total. The number of nitrogens with one attached hydrogen (secondary N) is 1. The van der Waals surface area contributed by atoms with Gasteiger partial charge in [-0.3, -0.25) is 14.6 Å². The quantitative estimate of drug-likeness (QED) is 0.633. The van der Waals surface area contributed by atoms with E-state index in [1.807, 2.05) is 13.0 Å². The number of carbonyl (C=O) groups is 2. The SMILES string of the molecule is C=C(CN(C(C)=O)c1cnccc1C)NC=O.CC1CC1.Cc1ccccc1C1CCOC1. The Balaban J connectivity index is 0.000000206. The second kappa shape index (κ2) is 13.5. The number of nitrogens with zero attached hydrogens (tertiary/aromatic N) is 2. The summed E-state index contributed by atoms with van der Waals surface area (Å²) >= 11 is 0. The van der Waals surface area contributed by atoms with Crippen molar-refractivity contribution in [3.8, 4) is 0 Å². The second-order valence-corrected chi connectivity index (χ2v) is 8.73. The maximum absolute atomic E-state index is 11.6. The van der Waals surface area contributed by atoms with Crippen LogP contribution >= 0.6 is 0 Å². The molecule has 2 amide bonds. The normalized spacial score (nSPS) is 16.4. The van der Waals surface area contributed by atoms with Crippen LogP contribution in [-0.4, -0.2) is 37.1 Å². The average Bonchev–Trinajstić information content (AvgIpc) is 3.37. The zero-order valence-electron chi connectivity index (χ0n) is 20.3. The molecule has 1 saturated carbocycles. The molecule has 178 valence electrons. The van der Waals surface area contributed by atoms with E-state index in [4.69, 9.17) is 4.74 Å². The van der Waals surface area contributed by atoms with Crippen LogP contribution in [0, 0.1) is 19.8 Å². The van der Waals surface area contributed by atoms with E-state index in [1.54, 1.807) is 12.4 Å². The molecule has 1 atom stereocenters. The van der Waals surface area contributed by atoms with Crippen molar-refractivity contribution in [3.63, 3.8) is 0 Å². The van der Waals surface area contributed by atoms with Gasteiger partial charge >= 0.3 is 0 Å². The highest BCUT2D eigenvalue weighted by atomic mass is 16.5. The van der Waals surface area contributed by atoms with E-state index < -0.39 is 0 Å². The molecule has 0 radical (unpaired) electrons. The van der Waals surface area contributed by atoms with E-state index in [2.05, 4.69) is 55.0 Å². The fourth-order valence-corrected chi connectivity index (χ4v) is 3.42. The van der Waals surface area contributed by atoms with E-state index in [1.165, 1.54) is 42.2 Å². The van der Waals surface area contributed by atoms with Gasteiger partial charge in [0.25, 0.3) is 0 Å². The predicted octanol–water partition coefficient (Wildman–Crippen LogP) is 4.92. The molecule has 1 saturated heterocycles. The monoisotopic (exact) mass is 451 g/mol. The first-order chi connectivity index (χ1) is 15.8. The highest BCUT2D eigenvalue weighted by Crippen LogP contribution is 2.27. The van der Waals surface area contributed by atoms with Crippen molar-refractivity contribution in [2.45, 2.75) is 52.9 Å². The van der Waals surface area contributed by atoms with E-state index >= 15 is 0 Å². The molecule has 6 nitrogen and oxygen atoms in total. The third-order valence-electron chi connectivity index (χ3n) is 5.72. The lowest BCUT2D eigenvalue weighted by molar-refractivity contribution is -0.116. The summed E-state index contributed by atoms with van der Waals surface area (Å²) in [4.78, 5) is 27.4. The molecule has 1 aliphatic heterocycles. The van der Waals surface area contributed by atoms with Gasteiger partial charge in [0, 0.05) is 31.3 Å². The van der Waals surface area contributed by atoms with Crippen molar-refractivity contribution in [1.82, 2.24) is 10.3 Å². The first-order valence-corrected chi connectivity index (χ1v) is 11.5. The number of amides is 2. The number of hydrogen-bond donors (Lipinski definition) is 1. The number of aryl methyl sites for hydroxylation is 2. The summed E-state index contributed by atoms with van der Waals surface area (Å²) in [5, 5.41) is 2.43. The van der Waals surface area contributed by atoms with Crippen LogP contribution in [0.2, 0.25) is 0 Å². The number of ether oxygens (including phenoxy) is 1. The van der Waals surface area contributed by atoms with Crippen LogP contribution in [0.4, 0.5) is 5.69 Å². The maximum Gasteiger partial charge on any atom is 0.224 e. The maximum atomic E-state index is 11.6. The molecular weight excluding hydrogens is 414 g/mol. The van der Waals surface area contributed by atoms with Gasteiger partial charge < -0.3 is 15.0 Å². The molecule has 0 spiro atoms. The Morgan fingerprint density at radius 1 is 1.21 bits per heavy atom. The molecule has 2 aromatic rings. The molecular formula is C27H37N3O3. The Kier molecular flexibility index (Phi) is 10.8. The molecule has 1 aliphatic carbocycles. The molecule has 6 heteroatoms. The zero-order chi connectivity index (χ0) is 24.2. The van der Waals surface area contributed by atoms with Crippen molar-refractivity contribution >= 4 is 18.0 Å². The Hall–Kier alpha value is -2.99. The molecule has 1 unspecified atom stereocenters. The smallest absolute Gasteiger partial charge is 0.224 e. The van der Waals surface area contributed by atoms with E-state index in [0.29, 0.717) is 23.7 Å². The van der Waals surface area contributed by atoms with Gasteiger partial charge in [-0.1, -0.05) is 50.6 Å². The fraction of sp³-hybridized carbons (Fsp3) is 0.444. The number of aromatic nitrogens is 1. The van der Waals surface area contributed by atoms with Gasteiger partial charge in [-0.15, -0.1) is 0 Å². The Labute approximate surface area is 198 Å². The van der Waals surface area contributed by atoms with Gasteiger partial charge in [0.1, 0.15) is 0 Å². The van der Waals surface area contributed by atoms with Crippen LogP contribution in [0.25, 0.3) is 0 Å². The molecule has 1 aromatic carbocycles. The Morgan fingerprint density at radius 2 is 1.91 bits per heavy atom. The average molecular weight is 452 g/mol. The van der Waals surface area contributed by atoms with Crippen LogP contribution in [0.3, 0.4) is 0 Å². The zero-order valence-corrected chi connectivity index (χ0v) is 20.3. The van der Waals surface area contributed by atoms with Crippen LogP contribution < -0.4 is 10.2 Å². The number of benzene rings is 1. The van der Waals surface area contributed by atoms with Gasteiger partial charge in [0.15, 0.2) is 0 Å². The minimum Gasteiger partial charge on any atom is -0.381 e. The summed E-state index contributed by atoms with van der Waals surface area (Å²) in [6, 6.07) is 10.4. The lowest BCUT2D eigenvalue weighted by Gasteiger charge is -2.23. The number of pyridine rings is 1. The van der Waals surface area contributed by atoms with Crippen LogP contribution in [0.5, 0.6) is 0 Å². The van der Waals surface area contributed by atoms with Crippen molar-refractivity contribution in [1.29, 1.82) is 0 Å². The topological polar surface area (TPSA) is 71.5 Å². The van der Waals surface area contributed by atoms with Gasteiger partial charge in [0.2, 0.25) is 12.3 Å². The van der Waals surface area contributed by atoms with Gasteiger partial charge in [-0.05, 0) is 48.9 Å². The third-order valence-corrected chi connectivity index (χ3v) is 5.72. The minimum atomic E-state index is -0.130. The third kappa shape index (κ3) is 9.18. The highest BCUT2D eigenvalue weighted by molar-refractivity contribution is 5.92. The summed E-state index contributed by atoms with van der Waals surface area (Å²) in [5.41, 5.74) is 4.98. The second-order valence-electron chi connectivity index (χ2n) is 8.73. The van der Waals surface area contributed by atoms with Crippen LogP contribution in [0.1, 0.15) is 55.7 Å². The number of hydrogen-bond acceptors (Lipinski definition) is 4. The lowest BCUT2D eigenvalue weighted by atomic mass is 9.94. The first kappa shape index (κ1) is 26.3. The summed E-state index contributed by atoms with van der Waals surface area (Å²) in [7, 11) is 0. The lowest BCUT2D eigenvalue weighted by Crippen LogP contribution is -2.34. The molecule has 2 heterocycles. The number of rotatable bonds is 6. The standard InChI is InChI=1S/C12H15N3O2.C11H14O.C4H8/c1-9-4-5-13-6-12(9)15(11(3)17)7-10(2)14-8-16;1-9-4-2-3-5-11(9)10-6-7-12-8-10;1-4-2-3-4/h4-6,8H,2,7H2,1,3H3,(H,14,16);2-5,10H,6-8H2,1H3;4H,2-3H2,1H3. The van der Waals surface area contributed by atoms with Crippen molar-refractivity contribution in [2.24, 2.45) is 5.92 Å². The highest BCUT2D eigenvalue weighted by Gasteiger charge is 2.18. The summed E-state index contributed by atoms with van der Waals surface area (Å²) in [6.45, 7) is 13.5. The largest absolute Gasteiger partial charge is 0.381 e. The van der Waals surface area contributed by atoms with Crippen molar-refractivity contribution in [3.05, 3.63) is 71.7 Å². The molecule has 2 fully saturated rings. The van der Waals surface area contributed by atoms with Gasteiger partial charge in [-0.2, -0.15) is 0 Å². The van der Waals surface area contributed by atoms with E-state index in [9.17, 15) is 9.59 Å². The summed E-state index contributed by atoms with van der Waals surface area (Å²) in [6.07, 6.45) is 7.97. The number of anilines is 1. The van der Waals surface area contributed by atoms with Gasteiger partial charge in [-0.25, -0.2) is 0 Å². The Bertz CT molecular complexity index is 918. The van der Waals surface area contributed by atoms with Crippen molar-refractivity contribution < 1.29 is 14.3 Å². The molecule has 4 rings (SSSR count). The van der Waals surface area contributed by atoms with Crippen LogP contribution in [0.15, 0.2) is 55.0 Å². The minimum absolute atomic E-state index is 0.130. The molecule has 0 bridgehead atoms. The molecule has 33 heavy (non-hydrogen) atoms. The fourth-order valence-electron chi connectivity index (χ4n) is 3.42. The summed E-state index contributed by atoms with van der Waals surface area (Å²) in [5.74, 6) is 1.60. The molecule has 1 aromatic heterocycles. The predicted molar refractivity (Wildman–Crippen MR) is 133 cm³/mol. The first-order valence-electron chi connectivity index (χ1n) is 11.5. The molecule has 2 aliphatic rings. The van der Waals surface area contributed by atoms with Crippen LogP contribution in [-0.2, 0) is 14.3 Å². The van der Waals surface area contributed by atoms with E-state index in [0.717, 1.165) is 24.7 Å². The Morgan fingerprint density at radius 3 is 2.42 bits per heavy atom. The van der Waals surface area contributed by atoms with E-state index in [-0.39, 0.29) is 12.5 Å². The number of carbonyl (C=O) groups excluding carboxylic acids is 2. The van der Waals surface area contributed by atoms with Crippen molar-refractivity contribution in [2.75, 3.05) is 24.7 Å².